The molecular weight excluding hydrogens is 232 g/mol. The molecule has 0 bridgehead atoms. The zero-order valence-corrected chi connectivity index (χ0v) is 12.5. The van der Waals surface area contributed by atoms with Gasteiger partial charge in [-0.1, -0.05) is 13.3 Å². The quantitative estimate of drug-likeness (QED) is 0.387. The Bertz CT molecular complexity index is 150. The standard InChI is InChI=1S/C12H30N2O2Si/c1-2-11-17(16-10-4-7-14)12-5-9-15-8-3-6-13/h17H,2-14H2,1H3. The van der Waals surface area contributed by atoms with Crippen LogP contribution in [0.25, 0.3) is 0 Å². The van der Waals surface area contributed by atoms with Gasteiger partial charge in [0.2, 0.25) is 0 Å². The van der Waals surface area contributed by atoms with Crippen LogP contribution in [0, 0.1) is 0 Å². The highest BCUT2D eigenvalue weighted by atomic mass is 28.3. The van der Waals surface area contributed by atoms with Crippen molar-refractivity contribution in [2.75, 3.05) is 32.9 Å². The normalized spacial score (nSPS) is 12.9. The van der Waals surface area contributed by atoms with Crippen molar-refractivity contribution in [2.24, 2.45) is 11.5 Å². The first-order chi connectivity index (χ1) is 8.35. The Labute approximate surface area is 108 Å². The average Bonchev–Trinajstić information content (AvgIpc) is 2.34. The number of hydrogen-bond donors (Lipinski definition) is 2. The third-order valence-electron chi connectivity index (χ3n) is 2.62. The molecule has 4 N–H and O–H groups in total. The van der Waals surface area contributed by atoms with Gasteiger partial charge in [-0.25, -0.2) is 0 Å². The van der Waals surface area contributed by atoms with E-state index in [4.69, 9.17) is 20.6 Å². The lowest BCUT2D eigenvalue weighted by Gasteiger charge is -2.15. The average molecular weight is 262 g/mol. The molecule has 0 fully saturated rings. The van der Waals surface area contributed by atoms with Crippen molar-refractivity contribution in [3.63, 3.8) is 0 Å². The smallest absolute Gasteiger partial charge is 0.177 e. The molecule has 0 radical (unpaired) electrons. The van der Waals surface area contributed by atoms with Gasteiger partial charge in [-0.05, 0) is 44.4 Å². The van der Waals surface area contributed by atoms with Crippen LogP contribution in [-0.2, 0) is 9.16 Å². The topological polar surface area (TPSA) is 70.5 Å². The third-order valence-corrected chi connectivity index (χ3v) is 5.60. The summed E-state index contributed by atoms with van der Waals surface area (Å²) in [5.41, 5.74) is 10.9. The van der Waals surface area contributed by atoms with Crippen LogP contribution in [-0.4, -0.2) is 42.0 Å². The first kappa shape index (κ1) is 17.1. The molecule has 0 rings (SSSR count). The van der Waals surface area contributed by atoms with E-state index in [0.29, 0.717) is 0 Å². The van der Waals surface area contributed by atoms with E-state index in [-0.39, 0.29) is 0 Å². The summed E-state index contributed by atoms with van der Waals surface area (Å²) in [4.78, 5) is 0. The second-order valence-electron chi connectivity index (χ2n) is 4.32. The van der Waals surface area contributed by atoms with Gasteiger partial charge in [0.1, 0.15) is 0 Å². The Hall–Kier alpha value is 0.0569. The summed E-state index contributed by atoms with van der Waals surface area (Å²) in [6.45, 7) is 6.17. The van der Waals surface area contributed by atoms with E-state index in [0.717, 1.165) is 52.2 Å². The maximum atomic E-state index is 5.93. The van der Waals surface area contributed by atoms with Crippen LogP contribution >= 0.6 is 0 Å². The Morgan fingerprint density at radius 3 is 2.18 bits per heavy atom. The molecule has 0 aromatic rings. The molecule has 5 heteroatoms. The second-order valence-corrected chi connectivity index (χ2v) is 7.05. The van der Waals surface area contributed by atoms with E-state index in [2.05, 4.69) is 6.92 Å². The minimum absolute atomic E-state index is 0.718. The monoisotopic (exact) mass is 262 g/mol. The van der Waals surface area contributed by atoms with Gasteiger partial charge in [0, 0.05) is 19.8 Å². The lowest BCUT2D eigenvalue weighted by molar-refractivity contribution is 0.133. The summed E-state index contributed by atoms with van der Waals surface area (Å²) < 4.78 is 11.4. The highest BCUT2D eigenvalue weighted by Gasteiger charge is 2.10. The number of nitrogens with two attached hydrogens (primary N) is 2. The summed E-state index contributed by atoms with van der Waals surface area (Å²) >= 11 is 0. The zero-order valence-electron chi connectivity index (χ0n) is 11.3. The Morgan fingerprint density at radius 2 is 1.53 bits per heavy atom. The maximum Gasteiger partial charge on any atom is 0.177 e. The molecule has 0 aliphatic heterocycles. The van der Waals surface area contributed by atoms with E-state index >= 15 is 0 Å². The van der Waals surface area contributed by atoms with Gasteiger partial charge in [0.25, 0.3) is 0 Å². The molecule has 0 heterocycles. The molecule has 0 aliphatic rings. The van der Waals surface area contributed by atoms with Crippen molar-refractivity contribution >= 4 is 9.04 Å². The van der Waals surface area contributed by atoms with Gasteiger partial charge in [-0.15, -0.1) is 0 Å². The second kappa shape index (κ2) is 14.1. The van der Waals surface area contributed by atoms with Crippen molar-refractivity contribution in [3.8, 4) is 0 Å². The van der Waals surface area contributed by atoms with E-state index in [1.807, 2.05) is 0 Å². The van der Waals surface area contributed by atoms with Crippen LogP contribution in [0.15, 0.2) is 0 Å². The molecule has 0 saturated carbocycles. The fourth-order valence-corrected chi connectivity index (χ4v) is 4.05. The maximum absolute atomic E-state index is 5.93. The van der Waals surface area contributed by atoms with Crippen LogP contribution in [0.1, 0.15) is 32.6 Å². The molecule has 17 heavy (non-hydrogen) atoms. The lowest BCUT2D eigenvalue weighted by Crippen LogP contribution is -2.20. The number of rotatable bonds is 13. The van der Waals surface area contributed by atoms with Gasteiger partial charge in [-0.2, -0.15) is 0 Å². The van der Waals surface area contributed by atoms with Crippen LogP contribution < -0.4 is 11.5 Å². The molecule has 0 spiro atoms. The lowest BCUT2D eigenvalue weighted by atomic mass is 10.4. The van der Waals surface area contributed by atoms with Gasteiger partial charge >= 0.3 is 0 Å². The summed E-state index contributed by atoms with van der Waals surface area (Å²) in [5.74, 6) is 0. The van der Waals surface area contributed by atoms with E-state index in [1.165, 1.54) is 18.5 Å². The minimum atomic E-state index is -0.984. The van der Waals surface area contributed by atoms with Crippen LogP contribution in [0.3, 0.4) is 0 Å². The van der Waals surface area contributed by atoms with Gasteiger partial charge in [0.15, 0.2) is 9.04 Å². The molecule has 1 atom stereocenters. The zero-order chi connectivity index (χ0) is 12.8. The van der Waals surface area contributed by atoms with Crippen LogP contribution in [0.5, 0.6) is 0 Å². The molecule has 0 amide bonds. The van der Waals surface area contributed by atoms with Gasteiger partial charge in [-0.3, -0.25) is 0 Å². The SMILES string of the molecule is CCC[SiH](CCCOCCCN)OCCCN. The third kappa shape index (κ3) is 12.3. The summed E-state index contributed by atoms with van der Waals surface area (Å²) in [7, 11) is -0.984. The molecule has 104 valence electrons. The Kier molecular flexibility index (Phi) is 14.2. The summed E-state index contributed by atoms with van der Waals surface area (Å²) in [6, 6.07) is 2.49. The highest BCUT2D eigenvalue weighted by Crippen LogP contribution is 2.08. The molecule has 0 aliphatic carbocycles. The minimum Gasteiger partial charge on any atom is -0.420 e. The largest absolute Gasteiger partial charge is 0.420 e. The van der Waals surface area contributed by atoms with Crippen molar-refractivity contribution in [1.29, 1.82) is 0 Å². The Morgan fingerprint density at radius 1 is 0.882 bits per heavy atom. The molecule has 1 unspecified atom stereocenters. The molecule has 0 aromatic carbocycles. The van der Waals surface area contributed by atoms with Crippen LogP contribution in [0.2, 0.25) is 12.1 Å². The molecular formula is C12H30N2O2Si. The fourth-order valence-electron chi connectivity index (χ4n) is 1.67. The van der Waals surface area contributed by atoms with Crippen molar-refractivity contribution < 1.29 is 9.16 Å². The molecule has 4 nitrogen and oxygen atoms in total. The van der Waals surface area contributed by atoms with Gasteiger partial charge in [0.05, 0.1) is 0 Å². The van der Waals surface area contributed by atoms with Crippen LogP contribution in [0.4, 0.5) is 0 Å². The molecule has 0 saturated heterocycles. The van der Waals surface area contributed by atoms with E-state index < -0.39 is 9.04 Å². The van der Waals surface area contributed by atoms with Gasteiger partial charge < -0.3 is 20.6 Å². The predicted molar refractivity (Wildman–Crippen MR) is 75.8 cm³/mol. The fraction of sp³-hybridized carbons (Fsp3) is 1.00. The first-order valence-electron chi connectivity index (χ1n) is 6.94. The van der Waals surface area contributed by atoms with E-state index in [9.17, 15) is 0 Å². The van der Waals surface area contributed by atoms with Crippen molar-refractivity contribution in [1.82, 2.24) is 0 Å². The highest BCUT2D eigenvalue weighted by molar-refractivity contribution is 6.51. The summed E-state index contributed by atoms with van der Waals surface area (Å²) in [5, 5.41) is 0. The van der Waals surface area contributed by atoms with Crippen molar-refractivity contribution in [3.05, 3.63) is 0 Å². The first-order valence-corrected chi connectivity index (χ1v) is 9.05. The number of ether oxygens (including phenoxy) is 1. The Balaban J connectivity index is 3.41. The van der Waals surface area contributed by atoms with E-state index in [1.54, 1.807) is 0 Å². The predicted octanol–water partition coefficient (Wildman–Crippen LogP) is 1.24. The van der Waals surface area contributed by atoms with Crippen molar-refractivity contribution in [2.45, 2.75) is 44.7 Å². The summed E-state index contributed by atoms with van der Waals surface area (Å²) in [6.07, 6.45) is 4.31. The molecule has 0 aromatic heterocycles. The number of hydrogen-bond acceptors (Lipinski definition) is 4.